The van der Waals surface area contributed by atoms with Gasteiger partial charge in [-0.3, -0.25) is 4.79 Å². The van der Waals surface area contributed by atoms with Crippen molar-refractivity contribution in [2.24, 2.45) is 0 Å². The Balaban J connectivity index is 0.00000324. The van der Waals surface area contributed by atoms with E-state index in [1.165, 1.54) is 6.92 Å². The van der Waals surface area contributed by atoms with Crippen molar-refractivity contribution in [1.29, 1.82) is 0 Å². The van der Waals surface area contributed by atoms with Gasteiger partial charge in [0.05, 0.1) is 19.9 Å². The second-order valence-electron chi connectivity index (χ2n) is 7.81. The van der Waals surface area contributed by atoms with Gasteiger partial charge >= 0.3 is 0 Å². The molecule has 0 aliphatic carbocycles. The minimum Gasteiger partial charge on any atom is -0.493 e. The van der Waals surface area contributed by atoms with Crippen LogP contribution in [0.15, 0.2) is 42.5 Å². The highest BCUT2D eigenvalue weighted by atomic mass is 35.5. The van der Waals surface area contributed by atoms with E-state index in [0.717, 1.165) is 16.9 Å². The summed E-state index contributed by atoms with van der Waals surface area (Å²) in [5.74, 6) is 2.94. The standard InChI is InChI=1S/C25H32N4O5.2ClH/c1-6-29(19-9-12-22(32-4)23(13-19)33-5)14-20(31)15-34-21-10-7-18(8-11-21)25-26-16(2)24(28-25)27-17(3)30;;/h7-13,20,31H,6,14-15H2,1-5H3,(H,26,28)(H,27,30);2*1H/t20-;;/m0../s1. The van der Waals surface area contributed by atoms with Crippen molar-refractivity contribution in [3.63, 3.8) is 0 Å². The predicted octanol–water partition coefficient (Wildman–Crippen LogP) is 4.47. The number of benzene rings is 2. The molecule has 0 bridgehead atoms. The van der Waals surface area contributed by atoms with Crippen LogP contribution in [0.1, 0.15) is 19.5 Å². The lowest BCUT2D eigenvalue weighted by molar-refractivity contribution is -0.114. The maximum atomic E-state index is 11.3. The van der Waals surface area contributed by atoms with Gasteiger partial charge in [-0.15, -0.1) is 24.8 Å². The SMILES string of the molecule is CCN(C[C@H](O)COc1ccc(-c2nc(NC(C)=O)c(C)[nH]2)cc1)c1ccc(OC)c(OC)c1.Cl.Cl. The Kier molecular flexibility index (Phi) is 12.4. The molecule has 9 nitrogen and oxygen atoms in total. The highest BCUT2D eigenvalue weighted by molar-refractivity contribution is 5.88. The van der Waals surface area contributed by atoms with Gasteiger partial charge in [-0.25, -0.2) is 4.98 Å². The lowest BCUT2D eigenvalue weighted by Gasteiger charge is -2.26. The quantitative estimate of drug-likeness (QED) is 0.329. The number of methoxy groups -OCH3 is 2. The summed E-state index contributed by atoms with van der Waals surface area (Å²) < 4.78 is 16.5. The molecular weight excluding hydrogens is 507 g/mol. The van der Waals surface area contributed by atoms with Gasteiger partial charge in [0.2, 0.25) is 5.91 Å². The number of nitrogens with one attached hydrogen (secondary N) is 2. The number of carbonyl (C=O) groups excluding carboxylic acids is 1. The number of aromatic nitrogens is 2. The number of aliphatic hydroxyl groups is 1. The molecule has 3 N–H and O–H groups in total. The van der Waals surface area contributed by atoms with Crippen LogP contribution in [0.2, 0.25) is 0 Å². The zero-order valence-electron chi connectivity index (χ0n) is 21.0. The molecule has 0 spiro atoms. The number of amides is 1. The molecule has 3 rings (SSSR count). The second kappa shape index (κ2) is 14.4. The Hall–Kier alpha value is -3.14. The third-order valence-corrected chi connectivity index (χ3v) is 5.29. The number of aromatic amines is 1. The number of carbonyl (C=O) groups is 1. The van der Waals surface area contributed by atoms with E-state index in [1.54, 1.807) is 14.2 Å². The van der Waals surface area contributed by atoms with Gasteiger partial charge < -0.3 is 34.5 Å². The minimum atomic E-state index is -0.694. The van der Waals surface area contributed by atoms with Crippen LogP contribution in [0.3, 0.4) is 0 Å². The topological polar surface area (TPSA) is 109 Å². The van der Waals surface area contributed by atoms with Crippen LogP contribution in [0.5, 0.6) is 17.2 Å². The van der Waals surface area contributed by atoms with E-state index in [2.05, 4.69) is 15.3 Å². The van der Waals surface area contributed by atoms with Crippen LogP contribution >= 0.6 is 24.8 Å². The number of nitrogens with zero attached hydrogens (tertiary/aromatic N) is 2. The van der Waals surface area contributed by atoms with Crippen molar-refractivity contribution in [3.8, 4) is 28.6 Å². The molecule has 0 fully saturated rings. The molecule has 36 heavy (non-hydrogen) atoms. The summed E-state index contributed by atoms with van der Waals surface area (Å²) in [6.07, 6.45) is -0.694. The fourth-order valence-corrected chi connectivity index (χ4v) is 3.53. The molecule has 1 heterocycles. The van der Waals surface area contributed by atoms with E-state index in [0.29, 0.717) is 42.0 Å². The Labute approximate surface area is 224 Å². The normalized spacial score (nSPS) is 10.9. The lowest BCUT2D eigenvalue weighted by Crippen LogP contribution is -2.35. The molecule has 1 amide bonds. The summed E-state index contributed by atoms with van der Waals surface area (Å²) >= 11 is 0. The summed E-state index contributed by atoms with van der Waals surface area (Å²) in [7, 11) is 3.20. The number of likely N-dealkylation sites (N-methyl/N-ethyl adjacent to an activating group) is 1. The van der Waals surface area contributed by atoms with Gasteiger partial charge in [0.1, 0.15) is 24.3 Å². The number of aliphatic hydroxyl groups excluding tert-OH is 1. The van der Waals surface area contributed by atoms with Crippen molar-refractivity contribution < 1.29 is 24.1 Å². The maximum Gasteiger partial charge on any atom is 0.222 e. The van der Waals surface area contributed by atoms with Gasteiger partial charge in [0.15, 0.2) is 17.3 Å². The van der Waals surface area contributed by atoms with Crippen molar-refractivity contribution >= 4 is 42.2 Å². The summed E-state index contributed by atoms with van der Waals surface area (Å²) in [6, 6.07) is 13.1. The Morgan fingerprint density at radius 2 is 1.78 bits per heavy atom. The number of rotatable bonds is 11. The molecule has 0 aliphatic heterocycles. The monoisotopic (exact) mass is 540 g/mol. The fourth-order valence-electron chi connectivity index (χ4n) is 3.53. The van der Waals surface area contributed by atoms with Crippen molar-refractivity contribution in [3.05, 3.63) is 48.2 Å². The number of imidazole rings is 1. The van der Waals surface area contributed by atoms with Crippen molar-refractivity contribution in [2.45, 2.75) is 26.9 Å². The Bertz CT molecular complexity index is 1110. The first-order valence-corrected chi connectivity index (χ1v) is 11.1. The van der Waals surface area contributed by atoms with Crippen LogP contribution in [-0.2, 0) is 4.79 Å². The predicted molar refractivity (Wildman–Crippen MR) is 146 cm³/mol. The third kappa shape index (κ3) is 7.94. The summed E-state index contributed by atoms with van der Waals surface area (Å²) in [6.45, 7) is 6.59. The van der Waals surface area contributed by atoms with Gasteiger partial charge in [0, 0.05) is 37.3 Å². The largest absolute Gasteiger partial charge is 0.493 e. The molecule has 0 aliphatic rings. The number of halogens is 2. The summed E-state index contributed by atoms with van der Waals surface area (Å²) in [5.41, 5.74) is 2.57. The molecule has 198 valence electrons. The van der Waals surface area contributed by atoms with Crippen LogP contribution < -0.4 is 24.4 Å². The first-order chi connectivity index (χ1) is 16.3. The van der Waals surface area contributed by atoms with Crippen LogP contribution in [-0.4, -0.2) is 61.0 Å². The first kappa shape index (κ1) is 30.9. The molecule has 11 heteroatoms. The van der Waals surface area contributed by atoms with Crippen LogP contribution in [0.25, 0.3) is 11.4 Å². The molecule has 1 aromatic heterocycles. The van der Waals surface area contributed by atoms with E-state index in [9.17, 15) is 9.90 Å². The van der Waals surface area contributed by atoms with E-state index in [1.807, 2.05) is 61.2 Å². The molecule has 0 radical (unpaired) electrons. The number of ether oxygens (including phenoxy) is 3. The van der Waals surface area contributed by atoms with Gasteiger partial charge in [-0.1, -0.05) is 0 Å². The summed E-state index contributed by atoms with van der Waals surface area (Å²) in [5, 5.41) is 13.3. The van der Waals surface area contributed by atoms with E-state index in [4.69, 9.17) is 14.2 Å². The third-order valence-electron chi connectivity index (χ3n) is 5.29. The van der Waals surface area contributed by atoms with Gasteiger partial charge in [-0.2, -0.15) is 0 Å². The maximum absolute atomic E-state index is 11.3. The average Bonchev–Trinajstić information content (AvgIpc) is 3.20. The molecule has 0 unspecified atom stereocenters. The van der Waals surface area contributed by atoms with Crippen molar-refractivity contribution in [2.75, 3.05) is 44.1 Å². The Morgan fingerprint density at radius 3 is 2.36 bits per heavy atom. The number of hydrogen-bond acceptors (Lipinski definition) is 7. The smallest absolute Gasteiger partial charge is 0.222 e. The highest BCUT2D eigenvalue weighted by Crippen LogP contribution is 2.31. The van der Waals surface area contributed by atoms with Gasteiger partial charge in [-0.05, 0) is 50.2 Å². The number of H-pyrrole nitrogens is 1. The second-order valence-corrected chi connectivity index (χ2v) is 7.81. The van der Waals surface area contributed by atoms with Gasteiger partial charge in [0.25, 0.3) is 0 Å². The Morgan fingerprint density at radius 1 is 1.11 bits per heavy atom. The molecule has 1 atom stereocenters. The fraction of sp³-hybridized carbons (Fsp3) is 0.360. The summed E-state index contributed by atoms with van der Waals surface area (Å²) in [4.78, 5) is 20.9. The highest BCUT2D eigenvalue weighted by Gasteiger charge is 2.15. The number of aryl methyl sites for hydroxylation is 1. The lowest BCUT2D eigenvalue weighted by atomic mass is 10.2. The molecular formula is C25H34Cl2N4O5. The molecule has 0 saturated carbocycles. The molecule has 2 aromatic carbocycles. The minimum absolute atomic E-state index is 0. The van der Waals surface area contributed by atoms with Crippen LogP contribution in [0, 0.1) is 6.92 Å². The number of hydrogen-bond donors (Lipinski definition) is 3. The van der Waals surface area contributed by atoms with E-state index < -0.39 is 6.10 Å². The zero-order valence-corrected chi connectivity index (χ0v) is 22.7. The average molecular weight is 541 g/mol. The molecule has 3 aromatic rings. The first-order valence-electron chi connectivity index (χ1n) is 11.1. The zero-order chi connectivity index (χ0) is 24.7. The van der Waals surface area contributed by atoms with E-state index in [-0.39, 0.29) is 37.3 Å². The van der Waals surface area contributed by atoms with E-state index >= 15 is 0 Å². The number of anilines is 2. The molecule has 0 saturated heterocycles. The van der Waals surface area contributed by atoms with Crippen molar-refractivity contribution in [1.82, 2.24) is 9.97 Å². The van der Waals surface area contributed by atoms with Crippen LogP contribution in [0.4, 0.5) is 11.5 Å².